The lowest BCUT2D eigenvalue weighted by Gasteiger charge is -2.23. The number of carbonyl (C=O) groups excluding carboxylic acids is 1. The summed E-state index contributed by atoms with van der Waals surface area (Å²) in [6.45, 7) is 6.89. The smallest absolute Gasteiger partial charge is 0.245 e. The zero-order valence-electron chi connectivity index (χ0n) is 18.6. The van der Waals surface area contributed by atoms with Gasteiger partial charge >= 0.3 is 0 Å². The van der Waals surface area contributed by atoms with Crippen LogP contribution in [0.25, 0.3) is 0 Å². The first-order valence-electron chi connectivity index (χ1n) is 10.9. The van der Waals surface area contributed by atoms with Crippen LogP contribution >= 0.6 is 0 Å². The maximum atomic E-state index is 13.2. The summed E-state index contributed by atoms with van der Waals surface area (Å²) in [5.41, 5.74) is 1.84. The monoisotopic (exact) mass is 435 g/mol. The zero-order chi connectivity index (χ0) is 22.3. The molecular weight excluding hydrogens is 406 g/mol. The second-order valence-electron chi connectivity index (χ2n) is 8.12. The van der Waals surface area contributed by atoms with Crippen LogP contribution in [0.2, 0.25) is 0 Å². The molecule has 4 rings (SSSR count). The first-order valence-corrected chi connectivity index (χ1v) is 10.9. The van der Waals surface area contributed by atoms with Crippen molar-refractivity contribution in [2.24, 2.45) is 5.92 Å². The van der Waals surface area contributed by atoms with Crippen molar-refractivity contribution in [2.75, 3.05) is 19.8 Å². The van der Waals surface area contributed by atoms with E-state index < -0.39 is 0 Å². The molecule has 0 bridgehead atoms. The molecule has 168 valence electrons. The molecule has 8 heteroatoms. The van der Waals surface area contributed by atoms with Gasteiger partial charge in [-0.05, 0) is 50.1 Å². The Labute approximate surface area is 188 Å². The lowest BCUT2D eigenvalue weighted by molar-refractivity contribution is -0.133. The average molecular weight is 436 g/mol. The fourth-order valence-corrected chi connectivity index (χ4v) is 3.74. The van der Waals surface area contributed by atoms with Gasteiger partial charge in [-0.1, -0.05) is 18.2 Å². The quantitative estimate of drug-likeness (QED) is 0.514. The fourth-order valence-electron chi connectivity index (χ4n) is 3.74. The summed E-state index contributed by atoms with van der Waals surface area (Å²) in [5, 5.41) is 4.34. The Balaban J connectivity index is 1.47. The number of hydrogen-bond donors (Lipinski definition) is 0. The van der Waals surface area contributed by atoms with Gasteiger partial charge in [-0.15, -0.1) is 0 Å². The van der Waals surface area contributed by atoms with Gasteiger partial charge in [0.15, 0.2) is 0 Å². The fraction of sp³-hybridized carbons (Fsp3) is 0.417. The first kappa shape index (κ1) is 22.0. The topological polar surface area (TPSA) is 82.4 Å². The SMILES string of the molecule is Cc1nc(C)n(CC(=O)N(Cc2cccc(OC[C@@H]3CCOC3)c2)Cc2ccccn2)n1. The van der Waals surface area contributed by atoms with Crippen molar-refractivity contribution in [2.45, 2.75) is 39.9 Å². The van der Waals surface area contributed by atoms with E-state index in [2.05, 4.69) is 15.1 Å². The highest BCUT2D eigenvalue weighted by Crippen LogP contribution is 2.19. The van der Waals surface area contributed by atoms with Crippen LogP contribution in [0.1, 0.15) is 29.3 Å². The second-order valence-corrected chi connectivity index (χ2v) is 8.12. The van der Waals surface area contributed by atoms with Gasteiger partial charge in [0, 0.05) is 25.3 Å². The zero-order valence-corrected chi connectivity index (χ0v) is 18.6. The molecule has 3 aromatic rings. The average Bonchev–Trinajstić information content (AvgIpc) is 3.42. The van der Waals surface area contributed by atoms with Crippen molar-refractivity contribution < 1.29 is 14.3 Å². The summed E-state index contributed by atoms with van der Waals surface area (Å²) in [4.78, 5) is 23.7. The molecule has 1 aliphatic rings. The molecule has 0 aliphatic carbocycles. The van der Waals surface area contributed by atoms with Gasteiger partial charge in [-0.3, -0.25) is 9.78 Å². The summed E-state index contributed by atoms with van der Waals surface area (Å²) >= 11 is 0. The van der Waals surface area contributed by atoms with Gasteiger partial charge in [0.25, 0.3) is 0 Å². The van der Waals surface area contributed by atoms with E-state index in [0.717, 1.165) is 42.5 Å². The summed E-state index contributed by atoms with van der Waals surface area (Å²) in [6, 6.07) is 13.6. The normalized spacial score (nSPS) is 15.6. The minimum absolute atomic E-state index is 0.0434. The number of amides is 1. The summed E-state index contributed by atoms with van der Waals surface area (Å²) < 4.78 is 13.1. The van der Waals surface area contributed by atoms with E-state index in [-0.39, 0.29) is 12.5 Å². The number of pyridine rings is 1. The number of ether oxygens (including phenoxy) is 2. The van der Waals surface area contributed by atoms with Crippen LogP contribution in [0.3, 0.4) is 0 Å². The van der Waals surface area contributed by atoms with Crippen molar-refractivity contribution in [1.82, 2.24) is 24.6 Å². The second kappa shape index (κ2) is 10.4. The molecule has 1 atom stereocenters. The van der Waals surface area contributed by atoms with Crippen molar-refractivity contribution in [1.29, 1.82) is 0 Å². The minimum atomic E-state index is -0.0434. The molecule has 1 aliphatic heterocycles. The molecule has 0 radical (unpaired) electrons. The molecule has 0 unspecified atom stereocenters. The highest BCUT2D eigenvalue weighted by Gasteiger charge is 2.19. The van der Waals surface area contributed by atoms with Crippen molar-refractivity contribution in [3.05, 3.63) is 71.6 Å². The van der Waals surface area contributed by atoms with Crippen LogP contribution in [0.5, 0.6) is 5.75 Å². The van der Waals surface area contributed by atoms with Crippen molar-refractivity contribution in [3.8, 4) is 5.75 Å². The molecule has 3 heterocycles. The Kier molecular flexibility index (Phi) is 7.11. The van der Waals surface area contributed by atoms with E-state index in [1.165, 1.54) is 0 Å². The highest BCUT2D eigenvalue weighted by molar-refractivity contribution is 5.76. The van der Waals surface area contributed by atoms with Gasteiger partial charge in [0.05, 0.1) is 25.5 Å². The van der Waals surface area contributed by atoms with Crippen LogP contribution in [0.4, 0.5) is 0 Å². The number of hydrogen-bond acceptors (Lipinski definition) is 6. The highest BCUT2D eigenvalue weighted by atomic mass is 16.5. The van der Waals surface area contributed by atoms with Gasteiger partial charge in [-0.2, -0.15) is 5.10 Å². The van der Waals surface area contributed by atoms with Crippen molar-refractivity contribution >= 4 is 5.91 Å². The molecule has 1 saturated heterocycles. The van der Waals surface area contributed by atoms with E-state index in [9.17, 15) is 4.79 Å². The molecule has 1 fully saturated rings. The van der Waals surface area contributed by atoms with Crippen LogP contribution < -0.4 is 4.74 Å². The third-order valence-corrected chi connectivity index (χ3v) is 5.46. The Morgan fingerprint density at radius 2 is 2.12 bits per heavy atom. The molecule has 0 spiro atoms. The molecule has 8 nitrogen and oxygen atoms in total. The Bertz CT molecular complexity index is 1030. The molecule has 0 N–H and O–H groups in total. The van der Waals surface area contributed by atoms with E-state index in [1.807, 2.05) is 56.3 Å². The van der Waals surface area contributed by atoms with Crippen LogP contribution in [-0.4, -0.2) is 50.4 Å². The van der Waals surface area contributed by atoms with Gasteiger partial charge in [0.2, 0.25) is 5.91 Å². The van der Waals surface area contributed by atoms with Gasteiger partial charge in [0.1, 0.15) is 23.9 Å². The molecule has 32 heavy (non-hydrogen) atoms. The summed E-state index contributed by atoms with van der Waals surface area (Å²) in [6.07, 6.45) is 2.78. The number of benzene rings is 1. The van der Waals surface area contributed by atoms with E-state index in [0.29, 0.717) is 31.4 Å². The first-order chi connectivity index (χ1) is 15.6. The maximum absolute atomic E-state index is 13.2. The maximum Gasteiger partial charge on any atom is 0.245 e. The lowest BCUT2D eigenvalue weighted by atomic mass is 10.1. The van der Waals surface area contributed by atoms with Gasteiger partial charge < -0.3 is 14.4 Å². The van der Waals surface area contributed by atoms with Gasteiger partial charge in [-0.25, -0.2) is 9.67 Å². The van der Waals surface area contributed by atoms with Crippen molar-refractivity contribution in [3.63, 3.8) is 0 Å². The number of nitrogens with zero attached hydrogens (tertiary/aromatic N) is 5. The number of carbonyl (C=O) groups is 1. The van der Waals surface area contributed by atoms with E-state index >= 15 is 0 Å². The van der Waals surface area contributed by atoms with Crippen LogP contribution in [0.15, 0.2) is 48.7 Å². The minimum Gasteiger partial charge on any atom is -0.493 e. The molecule has 1 aromatic carbocycles. The van der Waals surface area contributed by atoms with Crippen LogP contribution in [0, 0.1) is 19.8 Å². The van der Waals surface area contributed by atoms with Crippen LogP contribution in [-0.2, 0) is 29.2 Å². The van der Waals surface area contributed by atoms with E-state index in [1.54, 1.807) is 15.8 Å². The Morgan fingerprint density at radius 3 is 2.84 bits per heavy atom. The summed E-state index contributed by atoms with van der Waals surface area (Å²) in [5.74, 6) is 2.58. The largest absolute Gasteiger partial charge is 0.493 e. The molecule has 1 amide bonds. The Morgan fingerprint density at radius 1 is 1.22 bits per heavy atom. The molecule has 0 saturated carbocycles. The number of aromatic nitrogens is 4. The predicted molar refractivity (Wildman–Crippen MR) is 119 cm³/mol. The Hall–Kier alpha value is -3.26. The molecular formula is C24H29N5O3. The number of rotatable bonds is 9. The molecule has 2 aromatic heterocycles. The standard InChI is InChI=1S/C24H29N5O3/c1-18-26-19(2)29(27-18)15-24(30)28(14-22-7-3-4-10-25-22)13-20-6-5-8-23(12-20)32-17-21-9-11-31-16-21/h3-8,10,12,21H,9,11,13-17H2,1-2H3/t21-/m1/s1. The number of aryl methyl sites for hydroxylation is 2. The third-order valence-electron chi connectivity index (χ3n) is 5.46. The van der Waals surface area contributed by atoms with E-state index in [4.69, 9.17) is 9.47 Å². The third kappa shape index (κ3) is 5.91. The predicted octanol–water partition coefficient (Wildman–Crippen LogP) is 2.93. The summed E-state index contributed by atoms with van der Waals surface area (Å²) in [7, 11) is 0. The lowest BCUT2D eigenvalue weighted by Crippen LogP contribution is -2.33.